The van der Waals surface area contributed by atoms with Gasteiger partial charge >= 0.3 is 5.97 Å². The highest BCUT2D eigenvalue weighted by Crippen LogP contribution is 2.22. The minimum absolute atomic E-state index is 0.0934. The van der Waals surface area contributed by atoms with Crippen LogP contribution in [0.5, 0.6) is 0 Å². The molecule has 0 radical (unpaired) electrons. The smallest absolute Gasteiger partial charge is 0.371 e. The van der Waals surface area contributed by atoms with E-state index in [9.17, 15) is 9.59 Å². The first kappa shape index (κ1) is 14.4. The Bertz CT molecular complexity index is 717. The van der Waals surface area contributed by atoms with Crippen LogP contribution in [0.2, 0.25) is 0 Å². The molecule has 0 aliphatic rings. The van der Waals surface area contributed by atoms with Crippen molar-refractivity contribution < 1.29 is 19.1 Å². The predicted molar refractivity (Wildman–Crippen MR) is 76.7 cm³/mol. The van der Waals surface area contributed by atoms with Gasteiger partial charge in [-0.05, 0) is 24.3 Å². The highest BCUT2D eigenvalue weighted by molar-refractivity contribution is 5.85. The number of rotatable bonds is 3. The summed E-state index contributed by atoms with van der Waals surface area (Å²) in [5.74, 6) is 4.92. The Morgan fingerprint density at radius 1 is 1.19 bits per heavy atom. The van der Waals surface area contributed by atoms with Gasteiger partial charge in [0.25, 0.3) is 0 Å². The minimum atomic E-state index is -1.10. The summed E-state index contributed by atoms with van der Waals surface area (Å²) in [6, 6.07) is 10.2. The fourth-order valence-corrected chi connectivity index (χ4v) is 1.64. The van der Waals surface area contributed by atoms with Crippen molar-refractivity contribution in [1.29, 1.82) is 0 Å². The van der Waals surface area contributed by atoms with Crippen molar-refractivity contribution in [2.45, 2.75) is 6.92 Å². The second-order valence-corrected chi connectivity index (χ2v) is 4.26. The van der Waals surface area contributed by atoms with Crippen molar-refractivity contribution in [3.8, 4) is 23.2 Å². The lowest BCUT2D eigenvalue weighted by atomic mass is 10.1. The summed E-state index contributed by atoms with van der Waals surface area (Å²) in [6.07, 6.45) is 0. The number of furan rings is 1. The SMILES string of the molecule is CC(=O)NCC#Cc1ccc(-c2ccc(C(=O)O)o2)cc1. The Morgan fingerprint density at radius 2 is 1.90 bits per heavy atom. The maximum atomic E-state index is 10.8. The van der Waals surface area contributed by atoms with Crippen LogP contribution in [0.15, 0.2) is 40.8 Å². The molecule has 0 unspecified atom stereocenters. The van der Waals surface area contributed by atoms with Crippen molar-refractivity contribution in [1.82, 2.24) is 5.32 Å². The normalized spacial score (nSPS) is 9.57. The van der Waals surface area contributed by atoms with Gasteiger partial charge in [0.2, 0.25) is 11.7 Å². The number of hydrogen-bond donors (Lipinski definition) is 2. The van der Waals surface area contributed by atoms with Gasteiger partial charge < -0.3 is 14.8 Å². The summed E-state index contributed by atoms with van der Waals surface area (Å²) in [7, 11) is 0. The monoisotopic (exact) mass is 283 g/mol. The fraction of sp³-hybridized carbons (Fsp3) is 0.125. The first-order valence-electron chi connectivity index (χ1n) is 6.23. The molecule has 106 valence electrons. The first-order valence-corrected chi connectivity index (χ1v) is 6.23. The highest BCUT2D eigenvalue weighted by Gasteiger charge is 2.09. The van der Waals surface area contributed by atoms with Crippen LogP contribution < -0.4 is 5.32 Å². The molecule has 2 rings (SSSR count). The van der Waals surface area contributed by atoms with E-state index in [0.29, 0.717) is 12.3 Å². The van der Waals surface area contributed by atoms with Crippen LogP contribution in [0.1, 0.15) is 23.0 Å². The molecule has 0 atom stereocenters. The van der Waals surface area contributed by atoms with E-state index in [1.165, 1.54) is 13.0 Å². The molecule has 0 aliphatic heterocycles. The first-order chi connectivity index (χ1) is 10.1. The van der Waals surface area contributed by atoms with Gasteiger partial charge in [-0.2, -0.15) is 0 Å². The van der Waals surface area contributed by atoms with Crippen LogP contribution in [0.3, 0.4) is 0 Å². The third-order valence-corrected chi connectivity index (χ3v) is 2.64. The molecule has 5 heteroatoms. The molecular formula is C16H13NO4. The number of carboxylic acids is 1. The van der Waals surface area contributed by atoms with Crippen LogP contribution in [0, 0.1) is 11.8 Å². The van der Waals surface area contributed by atoms with Gasteiger partial charge in [0, 0.05) is 18.1 Å². The van der Waals surface area contributed by atoms with Crippen molar-refractivity contribution in [3.63, 3.8) is 0 Å². The lowest BCUT2D eigenvalue weighted by Crippen LogP contribution is -2.19. The predicted octanol–water partition coefficient (Wildman–Crippen LogP) is 2.13. The van der Waals surface area contributed by atoms with E-state index >= 15 is 0 Å². The number of carbonyl (C=O) groups is 2. The van der Waals surface area contributed by atoms with E-state index in [0.717, 1.165) is 11.1 Å². The zero-order valence-electron chi connectivity index (χ0n) is 11.3. The van der Waals surface area contributed by atoms with Gasteiger partial charge in [0.05, 0.1) is 6.54 Å². The second kappa shape index (κ2) is 6.44. The number of carboxylic acid groups (broad SMARTS) is 1. The Morgan fingerprint density at radius 3 is 2.48 bits per heavy atom. The van der Waals surface area contributed by atoms with Crippen LogP contribution in [-0.2, 0) is 4.79 Å². The lowest BCUT2D eigenvalue weighted by Gasteiger charge is -1.97. The summed E-state index contributed by atoms with van der Waals surface area (Å²) in [5, 5.41) is 11.4. The molecule has 2 N–H and O–H groups in total. The molecule has 0 aliphatic carbocycles. The number of amides is 1. The largest absolute Gasteiger partial charge is 0.475 e. The van der Waals surface area contributed by atoms with E-state index in [1.807, 2.05) is 0 Å². The average Bonchev–Trinajstić information content (AvgIpc) is 2.94. The quantitative estimate of drug-likeness (QED) is 0.846. The number of nitrogens with one attached hydrogen (secondary N) is 1. The maximum absolute atomic E-state index is 10.8. The number of aromatic carboxylic acids is 1. The molecule has 0 spiro atoms. The van der Waals surface area contributed by atoms with Gasteiger partial charge in [-0.1, -0.05) is 24.0 Å². The number of hydrogen-bond acceptors (Lipinski definition) is 3. The molecule has 2 aromatic rings. The molecule has 0 saturated carbocycles. The molecule has 1 aromatic heterocycles. The molecule has 1 amide bonds. The van der Waals surface area contributed by atoms with E-state index in [4.69, 9.17) is 9.52 Å². The van der Waals surface area contributed by atoms with Crippen molar-refractivity contribution in [3.05, 3.63) is 47.7 Å². The summed E-state index contributed by atoms with van der Waals surface area (Å²) in [4.78, 5) is 21.4. The number of benzene rings is 1. The van der Waals surface area contributed by atoms with Crippen LogP contribution >= 0.6 is 0 Å². The van der Waals surface area contributed by atoms with Crippen LogP contribution in [0.25, 0.3) is 11.3 Å². The Hall–Kier alpha value is -3.00. The van der Waals surface area contributed by atoms with Crippen LogP contribution in [-0.4, -0.2) is 23.5 Å². The second-order valence-electron chi connectivity index (χ2n) is 4.26. The zero-order chi connectivity index (χ0) is 15.2. The molecule has 5 nitrogen and oxygen atoms in total. The Balaban J connectivity index is 2.07. The van der Waals surface area contributed by atoms with Crippen LogP contribution in [0.4, 0.5) is 0 Å². The summed E-state index contributed by atoms with van der Waals surface area (Å²) in [5.41, 5.74) is 1.57. The van der Waals surface area contributed by atoms with Crippen molar-refractivity contribution in [2.75, 3.05) is 6.54 Å². The van der Waals surface area contributed by atoms with Crippen molar-refractivity contribution in [2.24, 2.45) is 0 Å². The molecule has 0 saturated heterocycles. The molecule has 21 heavy (non-hydrogen) atoms. The third kappa shape index (κ3) is 3.98. The topological polar surface area (TPSA) is 79.5 Å². The van der Waals surface area contributed by atoms with Crippen molar-refractivity contribution >= 4 is 11.9 Å². The maximum Gasteiger partial charge on any atom is 0.371 e. The van der Waals surface area contributed by atoms with E-state index in [-0.39, 0.29) is 11.7 Å². The average molecular weight is 283 g/mol. The molecule has 0 fully saturated rings. The molecule has 1 heterocycles. The van der Waals surface area contributed by atoms with E-state index < -0.39 is 5.97 Å². The molecule has 0 bridgehead atoms. The van der Waals surface area contributed by atoms with Gasteiger partial charge in [-0.25, -0.2) is 4.79 Å². The minimum Gasteiger partial charge on any atom is -0.475 e. The van der Waals surface area contributed by atoms with Gasteiger partial charge in [0.15, 0.2) is 0 Å². The highest BCUT2D eigenvalue weighted by atomic mass is 16.4. The van der Waals surface area contributed by atoms with E-state index in [1.54, 1.807) is 30.3 Å². The Kier molecular flexibility index (Phi) is 4.42. The van der Waals surface area contributed by atoms with Gasteiger partial charge in [-0.3, -0.25) is 4.79 Å². The zero-order valence-corrected chi connectivity index (χ0v) is 11.3. The molecular weight excluding hydrogens is 270 g/mol. The third-order valence-electron chi connectivity index (χ3n) is 2.64. The standard InChI is InChI=1S/C16H13NO4/c1-11(18)17-10-2-3-12-4-6-13(7-5-12)14-8-9-15(21-14)16(19)20/h4-9H,10H2,1H3,(H,17,18)(H,19,20). The Labute approximate surface area is 121 Å². The van der Waals surface area contributed by atoms with E-state index in [2.05, 4.69) is 17.2 Å². The van der Waals surface area contributed by atoms with Gasteiger partial charge in [0.1, 0.15) is 5.76 Å². The summed E-state index contributed by atoms with van der Waals surface area (Å²) >= 11 is 0. The fourth-order valence-electron chi connectivity index (χ4n) is 1.64. The number of carbonyl (C=O) groups excluding carboxylic acids is 1. The summed E-state index contributed by atoms with van der Waals surface area (Å²) in [6.45, 7) is 1.74. The van der Waals surface area contributed by atoms with Gasteiger partial charge in [-0.15, -0.1) is 0 Å². The molecule has 1 aromatic carbocycles. The summed E-state index contributed by atoms with van der Waals surface area (Å²) < 4.78 is 5.21. The lowest BCUT2D eigenvalue weighted by molar-refractivity contribution is -0.118.